The van der Waals surface area contributed by atoms with E-state index >= 15 is 8.78 Å². The van der Waals surface area contributed by atoms with Crippen molar-refractivity contribution in [1.29, 1.82) is 0 Å². The number of urea groups is 1. The molecule has 3 atom stereocenters. The molecule has 0 bridgehead atoms. The fourth-order valence-electron chi connectivity index (χ4n) is 5.34. The highest BCUT2D eigenvalue weighted by molar-refractivity contribution is 6.20. The van der Waals surface area contributed by atoms with E-state index in [0.29, 0.717) is 0 Å². The fraction of sp³-hybridized carbons (Fsp3) is 0.348. The summed E-state index contributed by atoms with van der Waals surface area (Å²) in [4.78, 5) is 56.4. The molecule has 9 nitrogen and oxygen atoms in total. The molecule has 11 heteroatoms. The molecule has 34 heavy (non-hydrogen) atoms. The number of halogens is 2. The number of hydrogen-bond donors (Lipinski definition) is 2. The van der Waals surface area contributed by atoms with Crippen LogP contribution in [0.25, 0.3) is 0 Å². The number of carbonyl (C=O) groups excluding carboxylic acids is 4. The van der Waals surface area contributed by atoms with Crippen LogP contribution in [0.5, 0.6) is 0 Å². The fourth-order valence-corrected chi connectivity index (χ4v) is 5.34. The molecular weight excluding hydrogens is 450 g/mol. The molecular formula is C23H20F2N4O5. The van der Waals surface area contributed by atoms with E-state index in [2.05, 4.69) is 15.6 Å². The van der Waals surface area contributed by atoms with Crippen LogP contribution in [0.3, 0.4) is 0 Å². The Morgan fingerprint density at radius 3 is 2.50 bits per heavy atom. The van der Waals surface area contributed by atoms with Crippen LogP contribution < -0.4 is 15.5 Å². The summed E-state index contributed by atoms with van der Waals surface area (Å²) in [5.41, 5.74) is -2.56. The highest BCUT2D eigenvalue weighted by Gasteiger charge is 2.63. The van der Waals surface area contributed by atoms with E-state index in [0.717, 1.165) is 6.07 Å². The van der Waals surface area contributed by atoms with Crippen molar-refractivity contribution in [1.82, 2.24) is 15.6 Å². The van der Waals surface area contributed by atoms with Gasteiger partial charge in [0, 0.05) is 19.2 Å². The second-order valence-corrected chi connectivity index (χ2v) is 8.74. The molecule has 2 aromatic rings. The summed E-state index contributed by atoms with van der Waals surface area (Å²) in [5, 5.41) is 4.24. The Hall–Kier alpha value is -3.73. The number of anilines is 1. The second kappa shape index (κ2) is 7.66. The monoisotopic (exact) mass is 470 g/mol. The summed E-state index contributed by atoms with van der Waals surface area (Å²) < 4.78 is 36.7. The van der Waals surface area contributed by atoms with Gasteiger partial charge in [0.15, 0.2) is 17.0 Å². The molecule has 176 valence electrons. The van der Waals surface area contributed by atoms with Crippen LogP contribution in [0.1, 0.15) is 35.5 Å². The number of ether oxygens (including phenoxy) is 1. The second-order valence-electron chi connectivity index (χ2n) is 8.74. The smallest absolute Gasteiger partial charge is 0.328 e. The van der Waals surface area contributed by atoms with Crippen LogP contribution in [0.2, 0.25) is 0 Å². The minimum atomic E-state index is -1.87. The van der Waals surface area contributed by atoms with Crippen molar-refractivity contribution in [2.75, 3.05) is 11.4 Å². The van der Waals surface area contributed by atoms with Gasteiger partial charge in [0.25, 0.3) is 0 Å². The third-order valence-electron chi connectivity index (χ3n) is 6.61. The average Bonchev–Trinajstić information content (AvgIpc) is 2.79. The first-order valence-electron chi connectivity index (χ1n) is 10.7. The number of amides is 4. The summed E-state index contributed by atoms with van der Waals surface area (Å²) in [6.07, 6.45) is -0.179. The van der Waals surface area contributed by atoms with Crippen LogP contribution in [0.4, 0.5) is 19.3 Å². The molecule has 5 rings (SSSR count). The van der Waals surface area contributed by atoms with Gasteiger partial charge in [-0.1, -0.05) is 6.07 Å². The van der Waals surface area contributed by atoms with Gasteiger partial charge < -0.3 is 9.64 Å². The van der Waals surface area contributed by atoms with E-state index in [4.69, 9.17) is 4.74 Å². The largest absolute Gasteiger partial charge is 0.372 e. The van der Waals surface area contributed by atoms with Gasteiger partial charge in [-0.25, -0.2) is 13.6 Å². The normalized spacial score (nSPS) is 25.4. The van der Waals surface area contributed by atoms with Crippen LogP contribution >= 0.6 is 0 Å². The SMILES string of the molecule is C[C@@H]1CN2c3c(cc(C(=O)c4ccccn4)c(F)c3F)CC3(C(=O)NC(=O)NC3=O)[C@H]2[C@H](C)O1. The number of morpholine rings is 1. The molecule has 2 fully saturated rings. The topological polar surface area (TPSA) is 118 Å². The number of carbonyl (C=O) groups is 4. The van der Waals surface area contributed by atoms with Crippen molar-refractivity contribution in [2.45, 2.75) is 38.5 Å². The maximum Gasteiger partial charge on any atom is 0.328 e. The summed E-state index contributed by atoms with van der Waals surface area (Å²) in [5.74, 6) is -5.18. The molecule has 4 heterocycles. The Morgan fingerprint density at radius 1 is 1.15 bits per heavy atom. The zero-order valence-electron chi connectivity index (χ0n) is 18.2. The molecule has 0 unspecified atom stereocenters. The van der Waals surface area contributed by atoms with Crippen molar-refractivity contribution < 1.29 is 32.7 Å². The van der Waals surface area contributed by atoms with Crippen LogP contribution in [0, 0.1) is 17.0 Å². The Morgan fingerprint density at radius 2 is 1.85 bits per heavy atom. The minimum Gasteiger partial charge on any atom is -0.372 e. The Labute approximate surface area is 192 Å². The van der Waals surface area contributed by atoms with Crippen molar-refractivity contribution >= 4 is 29.3 Å². The molecule has 0 radical (unpaired) electrons. The molecule has 3 aliphatic heterocycles. The molecule has 0 aliphatic carbocycles. The van der Waals surface area contributed by atoms with E-state index in [9.17, 15) is 19.2 Å². The van der Waals surface area contributed by atoms with Crippen molar-refractivity contribution in [3.05, 3.63) is 58.9 Å². The van der Waals surface area contributed by atoms with E-state index in [-0.39, 0.29) is 29.9 Å². The number of nitrogens with one attached hydrogen (secondary N) is 2. The Kier molecular flexibility index (Phi) is 4.97. The Bertz CT molecular complexity index is 1230. The molecule has 1 aromatic carbocycles. The lowest BCUT2D eigenvalue weighted by molar-refractivity contribution is -0.153. The number of rotatable bonds is 2. The molecule has 2 N–H and O–H groups in total. The number of benzene rings is 1. The zero-order chi connectivity index (χ0) is 24.4. The van der Waals surface area contributed by atoms with E-state index in [1.807, 2.05) is 0 Å². The molecule has 4 amide bonds. The molecule has 0 saturated carbocycles. The zero-order valence-corrected chi connectivity index (χ0v) is 18.2. The summed E-state index contributed by atoms with van der Waals surface area (Å²) >= 11 is 0. The summed E-state index contributed by atoms with van der Waals surface area (Å²) in [6, 6.07) is 3.66. The van der Waals surface area contributed by atoms with Crippen molar-refractivity contribution in [2.24, 2.45) is 5.41 Å². The summed E-state index contributed by atoms with van der Waals surface area (Å²) in [7, 11) is 0. The predicted molar refractivity (Wildman–Crippen MR) is 113 cm³/mol. The maximum atomic E-state index is 15.6. The molecule has 1 spiro atoms. The first kappa shape index (κ1) is 22.1. The van der Waals surface area contributed by atoms with Crippen LogP contribution in [-0.2, 0) is 20.7 Å². The quantitative estimate of drug-likeness (QED) is 0.504. The summed E-state index contributed by atoms with van der Waals surface area (Å²) in [6.45, 7) is 3.41. The van der Waals surface area contributed by atoms with Crippen LogP contribution in [0.15, 0.2) is 30.5 Å². The van der Waals surface area contributed by atoms with Crippen LogP contribution in [-0.4, -0.2) is 53.4 Å². The lowest BCUT2D eigenvalue weighted by Gasteiger charge is -2.55. The van der Waals surface area contributed by atoms with Crippen molar-refractivity contribution in [3.8, 4) is 0 Å². The first-order chi connectivity index (χ1) is 16.1. The van der Waals surface area contributed by atoms with E-state index in [1.54, 1.807) is 19.9 Å². The Balaban J connectivity index is 1.72. The number of imide groups is 2. The maximum absolute atomic E-state index is 15.6. The standard InChI is InChI=1S/C23H20F2N4O5/c1-10-9-29-17-12(7-13(15(24)16(17)25)18(30)14-5-3-4-6-26-14)8-23(19(29)11(2)34-10)20(31)27-22(33)28-21(23)32/h3-7,10-11,19H,8-9H2,1-2H3,(H2,27,28,31,32,33)/t10-,11+,19-/m1/s1. The highest BCUT2D eigenvalue weighted by Crippen LogP contribution is 2.48. The van der Waals surface area contributed by atoms with Gasteiger partial charge in [0.05, 0.1) is 29.5 Å². The van der Waals surface area contributed by atoms with Crippen molar-refractivity contribution in [3.63, 3.8) is 0 Å². The number of hydrogen-bond acceptors (Lipinski definition) is 7. The third-order valence-corrected chi connectivity index (χ3v) is 6.61. The third kappa shape index (κ3) is 3.03. The number of aromatic nitrogens is 1. The van der Waals surface area contributed by atoms with Gasteiger partial charge in [-0.05, 0) is 37.6 Å². The number of ketones is 1. The predicted octanol–water partition coefficient (Wildman–Crippen LogP) is 1.48. The van der Waals surface area contributed by atoms with Gasteiger partial charge in [0.1, 0.15) is 5.69 Å². The first-order valence-corrected chi connectivity index (χ1v) is 10.7. The average molecular weight is 470 g/mol. The number of nitrogens with zero attached hydrogens (tertiary/aromatic N) is 2. The van der Waals surface area contributed by atoms with Gasteiger partial charge in [0.2, 0.25) is 17.6 Å². The highest BCUT2D eigenvalue weighted by atomic mass is 19.2. The molecule has 3 aliphatic rings. The lowest BCUT2D eigenvalue weighted by atomic mass is 9.66. The molecule has 1 aromatic heterocycles. The number of pyridine rings is 1. The van der Waals surface area contributed by atoms with E-state index < -0.39 is 64.5 Å². The van der Waals surface area contributed by atoms with Gasteiger partial charge in [-0.3, -0.25) is 30.0 Å². The number of fused-ring (bicyclic) bond motifs is 4. The van der Waals surface area contributed by atoms with E-state index in [1.165, 1.54) is 23.2 Å². The number of barbiturate groups is 1. The van der Waals surface area contributed by atoms with Gasteiger partial charge in [-0.15, -0.1) is 0 Å². The minimum absolute atomic E-state index is 0.0577. The molecule has 2 saturated heterocycles. The lowest BCUT2D eigenvalue weighted by Crippen LogP contribution is -2.75. The van der Waals surface area contributed by atoms with Gasteiger partial charge in [-0.2, -0.15) is 0 Å². The van der Waals surface area contributed by atoms with Gasteiger partial charge >= 0.3 is 6.03 Å².